The fourth-order valence-corrected chi connectivity index (χ4v) is 3.23. The zero-order valence-electron chi connectivity index (χ0n) is 11.4. The molecule has 0 aromatic carbocycles. The van der Waals surface area contributed by atoms with Crippen LogP contribution < -0.4 is 0 Å². The molecule has 4 N–H and O–H groups in total. The second-order valence-corrected chi connectivity index (χ2v) is 5.56. The maximum atomic E-state index is 11.2. The average Bonchev–Trinajstić information content (AvgIpc) is 2.33. The summed E-state index contributed by atoms with van der Waals surface area (Å²) in [7, 11) is 0. The standard InChI is InChI=1S/C13H18O8/c1-5-2-6(7(11(16)17)4-9(14)15)3-8(12(18)19)10(5)13(20)21/h5-8,10H,2-4H2,1H3,(H,14,15)(H,16,17)(H,18,19)(H,20,21). The van der Waals surface area contributed by atoms with Gasteiger partial charge in [0.25, 0.3) is 0 Å². The van der Waals surface area contributed by atoms with Crippen molar-refractivity contribution in [1.29, 1.82) is 0 Å². The average molecular weight is 302 g/mol. The number of aliphatic carboxylic acids is 4. The first-order valence-corrected chi connectivity index (χ1v) is 6.55. The lowest BCUT2D eigenvalue weighted by molar-refractivity contribution is -0.162. The summed E-state index contributed by atoms with van der Waals surface area (Å²) in [5.74, 6) is -9.78. The van der Waals surface area contributed by atoms with Crippen molar-refractivity contribution in [2.45, 2.75) is 26.2 Å². The number of rotatable bonds is 6. The van der Waals surface area contributed by atoms with Crippen molar-refractivity contribution in [1.82, 2.24) is 0 Å². The molecular formula is C13H18O8. The van der Waals surface area contributed by atoms with E-state index in [0.29, 0.717) is 0 Å². The molecule has 1 saturated carbocycles. The fourth-order valence-electron chi connectivity index (χ4n) is 3.23. The van der Waals surface area contributed by atoms with Crippen molar-refractivity contribution in [3.8, 4) is 0 Å². The van der Waals surface area contributed by atoms with Gasteiger partial charge in [-0.1, -0.05) is 6.92 Å². The summed E-state index contributed by atoms with van der Waals surface area (Å²) in [6.45, 7) is 1.56. The lowest BCUT2D eigenvalue weighted by atomic mass is 9.64. The minimum absolute atomic E-state index is 0.138. The highest BCUT2D eigenvalue weighted by molar-refractivity contribution is 5.81. The summed E-state index contributed by atoms with van der Waals surface area (Å²) in [6, 6.07) is 0. The van der Waals surface area contributed by atoms with Gasteiger partial charge in [-0.05, 0) is 24.7 Å². The summed E-state index contributed by atoms with van der Waals surface area (Å²) in [5.41, 5.74) is 0. The van der Waals surface area contributed by atoms with Crippen LogP contribution in [0.15, 0.2) is 0 Å². The van der Waals surface area contributed by atoms with Crippen molar-refractivity contribution in [2.75, 3.05) is 0 Å². The number of carboxylic acid groups (broad SMARTS) is 4. The molecule has 0 bridgehead atoms. The number of carboxylic acids is 4. The molecule has 1 aliphatic carbocycles. The highest BCUT2D eigenvalue weighted by Gasteiger charge is 2.47. The second-order valence-electron chi connectivity index (χ2n) is 5.56. The van der Waals surface area contributed by atoms with Gasteiger partial charge >= 0.3 is 23.9 Å². The molecule has 21 heavy (non-hydrogen) atoms. The second kappa shape index (κ2) is 6.55. The number of hydrogen-bond donors (Lipinski definition) is 4. The molecule has 0 aromatic rings. The zero-order chi connectivity index (χ0) is 16.3. The Hall–Kier alpha value is -2.12. The molecule has 1 aliphatic rings. The van der Waals surface area contributed by atoms with E-state index < -0.39 is 59.9 Å². The zero-order valence-corrected chi connectivity index (χ0v) is 11.4. The van der Waals surface area contributed by atoms with E-state index in [1.165, 1.54) is 0 Å². The number of hydrogen-bond acceptors (Lipinski definition) is 4. The molecule has 0 heterocycles. The van der Waals surface area contributed by atoms with Crippen LogP contribution in [-0.2, 0) is 19.2 Å². The summed E-state index contributed by atoms with van der Waals surface area (Å²) >= 11 is 0. The van der Waals surface area contributed by atoms with Crippen LogP contribution in [0.1, 0.15) is 26.2 Å². The highest BCUT2D eigenvalue weighted by Crippen LogP contribution is 2.42. The van der Waals surface area contributed by atoms with E-state index in [1.54, 1.807) is 6.92 Å². The van der Waals surface area contributed by atoms with Crippen LogP contribution in [0, 0.1) is 29.6 Å². The molecule has 1 rings (SSSR count). The Morgan fingerprint density at radius 2 is 1.57 bits per heavy atom. The largest absolute Gasteiger partial charge is 0.481 e. The van der Waals surface area contributed by atoms with Gasteiger partial charge in [-0.2, -0.15) is 0 Å². The minimum atomic E-state index is -1.30. The van der Waals surface area contributed by atoms with Gasteiger partial charge in [-0.25, -0.2) is 0 Å². The summed E-state index contributed by atoms with van der Waals surface area (Å²) in [4.78, 5) is 44.4. The van der Waals surface area contributed by atoms with Crippen LogP contribution in [-0.4, -0.2) is 44.3 Å². The van der Waals surface area contributed by atoms with Crippen LogP contribution in [0.2, 0.25) is 0 Å². The fraction of sp³-hybridized carbons (Fsp3) is 0.692. The van der Waals surface area contributed by atoms with Crippen LogP contribution in [0.4, 0.5) is 0 Å². The van der Waals surface area contributed by atoms with E-state index >= 15 is 0 Å². The molecule has 0 aromatic heterocycles. The van der Waals surface area contributed by atoms with Gasteiger partial charge < -0.3 is 20.4 Å². The lowest BCUT2D eigenvalue weighted by Crippen LogP contribution is -2.43. The van der Waals surface area contributed by atoms with Crippen LogP contribution in [0.3, 0.4) is 0 Å². The predicted molar refractivity (Wildman–Crippen MR) is 67.5 cm³/mol. The van der Waals surface area contributed by atoms with E-state index in [0.717, 1.165) is 0 Å². The van der Waals surface area contributed by atoms with Crippen molar-refractivity contribution >= 4 is 23.9 Å². The van der Waals surface area contributed by atoms with Crippen LogP contribution >= 0.6 is 0 Å². The number of carbonyl (C=O) groups is 4. The van der Waals surface area contributed by atoms with Gasteiger partial charge in [-0.3, -0.25) is 19.2 Å². The molecule has 8 nitrogen and oxygen atoms in total. The van der Waals surface area contributed by atoms with Gasteiger partial charge in [0.15, 0.2) is 0 Å². The maximum absolute atomic E-state index is 11.2. The maximum Gasteiger partial charge on any atom is 0.307 e. The topological polar surface area (TPSA) is 149 Å². The molecule has 0 saturated heterocycles. The van der Waals surface area contributed by atoms with Crippen molar-refractivity contribution in [3.05, 3.63) is 0 Å². The Labute approximate surface area is 120 Å². The third kappa shape index (κ3) is 3.93. The van der Waals surface area contributed by atoms with E-state index in [2.05, 4.69) is 0 Å². The van der Waals surface area contributed by atoms with Crippen LogP contribution in [0.5, 0.6) is 0 Å². The van der Waals surface area contributed by atoms with Crippen molar-refractivity contribution in [3.63, 3.8) is 0 Å². The Balaban J connectivity index is 3.01. The Morgan fingerprint density at radius 3 is 1.95 bits per heavy atom. The molecule has 0 radical (unpaired) electrons. The molecule has 1 fully saturated rings. The Morgan fingerprint density at radius 1 is 1.00 bits per heavy atom. The monoisotopic (exact) mass is 302 g/mol. The van der Waals surface area contributed by atoms with Gasteiger partial charge in [0, 0.05) is 0 Å². The SMILES string of the molecule is CC1CC(C(CC(=O)O)C(=O)O)CC(C(=O)O)C1C(=O)O. The van der Waals surface area contributed by atoms with E-state index in [4.69, 9.17) is 20.4 Å². The van der Waals surface area contributed by atoms with Gasteiger partial charge in [-0.15, -0.1) is 0 Å². The normalized spacial score (nSPS) is 30.3. The molecule has 5 atom stereocenters. The third-order valence-electron chi connectivity index (χ3n) is 4.16. The van der Waals surface area contributed by atoms with Crippen molar-refractivity contribution in [2.24, 2.45) is 29.6 Å². The Bertz CT molecular complexity index is 457. The molecule has 5 unspecified atom stereocenters. The van der Waals surface area contributed by atoms with E-state index in [9.17, 15) is 19.2 Å². The third-order valence-corrected chi connectivity index (χ3v) is 4.16. The lowest BCUT2D eigenvalue weighted by Gasteiger charge is -2.38. The molecule has 0 spiro atoms. The smallest absolute Gasteiger partial charge is 0.307 e. The van der Waals surface area contributed by atoms with E-state index in [-0.39, 0.29) is 12.8 Å². The first-order chi connectivity index (χ1) is 9.65. The van der Waals surface area contributed by atoms with Gasteiger partial charge in [0.2, 0.25) is 0 Å². The van der Waals surface area contributed by atoms with Gasteiger partial charge in [0.1, 0.15) is 0 Å². The minimum Gasteiger partial charge on any atom is -0.481 e. The molecular weight excluding hydrogens is 284 g/mol. The summed E-state index contributed by atoms with van der Waals surface area (Å²) in [6.07, 6.45) is -0.553. The molecule has 0 aliphatic heterocycles. The molecule has 0 amide bonds. The van der Waals surface area contributed by atoms with Gasteiger partial charge in [0.05, 0.1) is 24.2 Å². The molecule has 8 heteroatoms. The highest BCUT2D eigenvalue weighted by atomic mass is 16.4. The quantitative estimate of drug-likeness (QED) is 0.557. The first kappa shape index (κ1) is 16.9. The van der Waals surface area contributed by atoms with Crippen LogP contribution in [0.25, 0.3) is 0 Å². The predicted octanol–water partition coefficient (Wildman–Crippen LogP) is 0.610. The van der Waals surface area contributed by atoms with Crippen molar-refractivity contribution < 1.29 is 39.6 Å². The summed E-state index contributed by atoms with van der Waals surface area (Å²) < 4.78 is 0. The Kier molecular flexibility index (Phi) is 5.28. The van der Waals surface area contributed by atoms with E-state index in [1.807, 2.05) is 0 Å². The first-order valence-electron chi connectivity index (χ1n) is 6.55. The molecule has 118 valence electrons. The summed E-state index contributed by atoms with van der Waals surface area (Å²) in [5, 5.41) is 36.2.